The second-order valence-electron chi connectivity index (χ2n) is 4.64. The van der Waals surface area contributed by atoms with Gasteiger partial charge >= 0.3 is 0 Å². The van der Waals surface area contributed by atoms with Gasteiger partial charge in [-0.2, -0.15) is 0 Å². The summed E-state index contributed by atoms with van der Waals surface area (Å²) in [5, 5.41) is 3.31. The van der Waals surface area contributed by atoms with Crippen molar-refractivity contribution in [2.45, 2.75) is 45.6 Å². The molecule has 1 aliphatic heterocycles. The molecule has 5 heteroatoms. The van der Waals surface area contributed by atoms with E-state index in [2.05, 4.69) is 19.2 Å². The van der Waals surface area contributed by atoms with E-state index in [1.165, 1.54) is 0 Å². The predicted octanol–water partition coefficient (Wildman–Crippen LogP) is 1.83. The summed E-state index contributed by atoms with van der Waals surface area (Å²) in [4.78, 5) is 14.0. The fourth-order valence-corrected chi connectivity index (χ4v) is 2.15. The van der Waals surface area contributed by atoms with E-state index in [-0.39, 0.29) is 24.9 Å². The van der Waals surface area contributed by atoms with Gasteiger partial charge in [-0.25, -0.2) is 0 Å². The Hall–Kier alpha value is -0.320. The van der Waals surface area contributed by atoms with Crippen LogP contribution in [0.4, 0.5) is 0 Å². The maximum absolute atomic E-state index is 12.1. The maximum Gasteiger partial charge on any atom is 0.248 e. The largest absolute Gasteiger partial charge is 0.372 e. The van der Waals surface area contributed by atoms with Crippen molar-refractivity contribution in [1.82, 2.24) is 10.2 Å². The fourth-order valence-electron chi connectivity index (χ4n) is 2.15. The summed E-state index contributed by atoms with van der Waals surface area (Å²) in [6, 6.07) is 0.372. The first-order chi connectivity index (χ1) is 8.29. The van der Waals surface area contributed by atoms with Crippen LogP contribution >= 0.6 is 12.4 Å². The number of ether oxygens (including phenoxy) is 1. The van der Waals surface area contributed by atoms with Gasteiger partial charge in [0, 0.05) is 25.7 Å². The van der Waals surface area contributed by atoms with E-state index >= 15 is 0 Å². The molecular formula is C13H27ClN2O2. The molecule has 1 N–H and O–H groups in total. The van der Waals surface area contributed by atoms with E-state index in [0.29, 0.717) is 12.6 Å². The Kier molecular flexibility index (Phi) is 10.4. The number of rotatable bonds is 8. The molecular weight excluding hydrogens is 252 g/mol. The Labute approximate surface area is 117 Å². The summed E-state index contributed by atoms with van der Waals surface area (Å²) in [7, 11) is 0. The van der Waals surface area contributed by atoms with Crippen molar-refractivity contribution in [3.8, 4) is 0 Å². The number of halogens is 1. The number of carbonyl (C=O) groups is 1. The van der Waals surface area contributed by atoms with Crippen LogP contribution in [0.15, 0.2) is 0 Å². The number of unbranched alkanes of at least 4 members (excludes halogenated alkanes) is 1. The molecule has 0 saturated carbocycles. The maximum atomic E-state index is 12.1. The zero-order valence-electron chi connectivity index (χ0n) is 11.6. The summed E-state index contributed by atoms with van der Waals surface area (Å²) >= 11 is 0. The van der Waals surface area contributed by atoms with Crippen molar-refractivity contribution >= 4 is 18.3 Å². The number of carbonyl (C=O) groups excluding carboxylic acids is 1. The molecule has 108 valence electrons. The van der Waals surface area contributed by atoms with Gasteiger partial charge in [0.25, 0.3) is 0 Å². The Balaban J connectivity index is 0.00000289. The summed E-state index contributed by atoms with van der Waals surface area (Å²) in [6.45, 7) is 7.98. The van der Waals surface area contributed by atoms with Crippen molar-refractivity contribution in [2.75, 3.05) is 32.8 Å². The van der Waals surface area contributed by atoms with Crippen LogP contribution in [0.3, 0.4) is 0 Å². The summed E-state index contributed by atoms with van der Waals surface area (Å²) in [5.41, 5.74) is 0. The molecule has 4 nitrogen and oxygen atoms in total. The Morgan fingerprint density at radius 2 is 2.17 bits per heavy atom. The average Bonchev–Trinajstić information content (AvgIpc) is 2.85. The highest BCUT2D eigenvalue weighted by Crippen LogP contribution is 2.09. The number of hydrogen-bond acceptors (Lipinski definition) is 3. The number of amides is 1. The third-order valence-electron chi connectivity index (χ3n) is 3.13. The van der Waals surface area contributed by atoms with E-state index in [1.807, 2.05) is 4.90 Å². The zero-order valence-corrected chi connectivity index (χ0v) is 12.4. The molecule has 0 aromatic heterocycles. The monoisotopic (exact) mass is 278 g/mol. The van der Waals surface area contributed by atoms with E-state index in [0.717, 1.165) is 45.3 Å². The minimum absolute atomic E-state index is 0. The van der Waals surface area contributed by atoms with Crippen molar-refractivity contribution < 1.29 is 9.53 Å². The van der Waals surface area contributed by atoms with Crippen molar-refractivity contribution in [1.29, 1.82) is 0 Å². The van der Waals surface area contributed by atoms with E-state index in [9.17, 15) is 4.79 Å². The first-order valence-corrected chi connectivity index (χ1v) is 6.87. The van der Waals surface area contributed by atoms with Gasteiger partial charge in [-0.05, 0) is 25.8 Å². The van der Waals surface area contributed by atoms with Gasteiger partial charge in [0.1, 0.15) is 6.61 Å². The van der Waals surface area contributed by atoms with E-state index in [1.54, 1.807) is 0 Å². The lowest BCUT2D eigenvalue weighted by molar-refractivity contribution is -0.138. The molecule has 1 rings (SSSR count). The van der Waals surface area contributed by atoms with Crippen LogP contribution in [0, 0.1) is 0 Å². The quantitative estimate of drug-likeness (QED) is 0.689. The molecule has 0 aliphatic carbocycles. The number of nitrogens with zero attached hydrogens (tertiary/aromatic N) is 1. The second kappa shape index (κ2) is 10.6. The molecule has 1 amide bonds. The second-order valence-corrected chi connectivity index (χ2v) is 4.64. The first-order valence-electron chi connectivity index (χ1n) is 6.87. The number of hydrogen-bond donors (Lipinski definition) is 1. The van der Waals surface area contributed by atoms with Gasteiger partial charge in [0.2, 0.25) is 5.91 Å². The van der Waals surface area contributed by atoms with Crippen LogP contribution in [0.5, 0.6) is 0 Å². The highest BCUT2D eigenvalue weighted by atomic mass is 35.5. The third-order valence-corrected chi connectivity index (χ3v) is 3.13. The number of nitrogens with one attached hydrogen (secondary N) is 1. The minimum Gasteiger partial charge on any atom is -0.372 e. The van der Waals surface area contributed by atoms with Crippen LogP contribution in [0.1, 0.15) is 39.5 Å². The lowest BCUT2D eigenvalue weighted by atomic mass is 10.2. The smallest absolute Gasteiger partial charge is 0.248 e. The average molecular weight is 279 g/mol. The van der Waals surface area contributed by atoms with Gasteiger partial charge in [0.15, 0.2) is 0 Å². The van der Waals surface area contributed by atoms with Crippen LogP contribution < -0.4 is 5.32 Å². The summed E-state index contributed by atoms with van der Waals surface area (Å²) < 4.78 is 5.41. The minimum atomic E-state index is 0. The van der Waals surface area contributed by atoms with Gasteiger partial charge in [0.05, 0.1) is 0 Å². The van der Waals surface area contributed by atoms with Gasteiger partial charge < -0.3 is 15.0 Å². The molecule has 1 aliphatic rings. The van der Waals surface area contributed by atoms with Gasteiger partial charge in [-0.15, -0.1) is 12.4 Å². The van der Waals surface area contributed by atoms with Crippen LogP contribution in [0.2, 0.25) is 0 Å². The normalized spacial score (nSPS) is 18.4. The Bertz CT molecular complexity index is 221. The van der Waals surface area contributed by atoms with Crippen molar-refractivity contribution in [2.24, 2.45) is 0 Å². The highest BCUT2D eigenvalue weighted by Gasteiger charge is 2.25. The molecule has 0 bridgehead atoms. The molecule has 1 saturated heterocycles. The van der Waals surface area contributed by atoms with E-state index < -0.39 is 0 Å². The SMILES string of the molecule is CCCCOCC(=O)N(CCC)C1CCNC1.Cl. The lowest BCUT2D eigenvalue weighted by Gasteiger charge is -2.28. The lowest BCUT2D eigenvalue weighted by Crippen LogP contribution is -2.43. The molecule has 0 aromatic rings. The standard InChI is InChI=1S/C13H26N2O2.ClH/c1-3-5-9-17-11-13(16)15(8-4-2)12-6-7-14-10-12;/h12,14H,3-11H2,1-2H3;1H. The van der Waals surface area contributed by atoms with Gasteiger partial charge in [-0.3, -0.25) is 4.79 Å². The third kappa shape index (κ3) is 6.03. The topological polar surface area (TPSA) is 41.6 Å². The van der Waals surface area contributed by atoms with Crippen molar-refractivity contribution in [3.63, 3.8) is 0 Å². The van der Waals surface area contributed by atoms with Crippen LogP contribution in [0.25, 0.3) is 0 Å². The molecule has 0 aromatic carbocycles. The Morgan fingerprint density at radius 3 is 2.72 bits per heavy atom. The van der Waals surface area contributed by atoms with Crippen molar-refractivity contribution in [3.05, 3.63) is 0 Å². The highest BCUT2D eigenvalue weighted by molar-refractivity contribution is 5.85. The fraction of sp³-hybridized carbons (Fsp3) is 0.923. The molecule has 1 heterocycles. The first kappa shape index (κ1) is 17.7. The van der Waals surface area contributed by atoms with Crippen LogP contribution in [-0.4, -0.2) is 49.7 Å². The molecule has 1 unspecified atom stereocenters. The van der Waals surface area contributed by atoms with E-state index in [4.69, 9.17) is 4.74 Å². The van der Waals surface area contributed by atoms with Crippen LogP contribution in [-0.2, 0) is 9.53 Å². The zero-order chi connectivity index (χ0) is 12.5. The molecule has 0 spiro atoms. The molecule has 1 atom stereocenters. The molecule has 0 radical (unpaired) electrons. The summed E-state index contributed by atoms with van der Waals surface area (Å²) in [5.74, 6) is 0.150. The summed E-state index contributed by atoms with van der Waals surface area (Å²) in [6.07, 6.45) is 4.23. The predicted molar refractivity (Wildman–Crippen MR) is 76.3 cm³/mol. The molecule has 1 fully saturated rings. The van der Waals surface area contributed by atoms with Gasteiger partial charge in [-0.1, -0.05) is 20.3 Å². The Morgan fingerprint density at radius 1 is 1.39 bits per heavy atom. The molecule has 18 heavy (non-hydrogen) atoms.